The van der Waals surface area contributed by atoms with E-state index < -0.39 is 31.3 Å². The fourth-order valence-corrected chi connectivity index (χ4v) is 3.65. The Morgan fingerprint density at radius 2 is 2.24 bits per heavy atom. The molecular formula is C12H16FN3O4S. The van der Waals surface area contributed by atoms with E-state index in [1.54, 1.807) is 0 Å². The first-order valence-electron chi connectivity index (χ1n) is 6.55. The number of piperidine rings is 1. The second kappa shape index (κ2) is 6.46. The van der Waals surface area contributed by atoms with Crippen LogP contribution in [0.2, 0.25) is 0 Å². The molecular weight excluding hydrogens is 301 g/mol. The zero-order valence-corrected chi connectivity index (χ0v) is 12.0. The zero-order chi connectivity index (χ0) is 15.5. The van der Waals surface area contributed by atoms with Gasteiger partial charge in [-0.05, 0) is 37.9 Å². The third-order valence-corrected chi connectivity index (χ3v) is 4.86. The smallest absolute Gasteiger partial charge is 0.292 e. The van der Waals surface area contributed by atoms with E-state index in [1.807, 2.05) is 0 Å². The summed E-state index contributed by atoms with van der Waals surface area (Å²) in [6.45, 7) is 1.69. The van der Waals surface area contributed by atoms with Gasteiger partial charge >= 0.3 is 0 Å². The summed E-state index contributed by atoms with van der Waals surface area (Å²) in [5.41, 5.74) is -0.760. The number of nitrogens with one attached hydrogen (secondary N) is 2. The molecule has 1 aromatic rings. The molecule has 1 unspecified atom stereocenters. The van der Waals surface area contributed by atoms with Gasteiger partial charge in [-0.3, -0.25) is 10.1 Å². The van der Waals surface area contributed by atoms with Gasteiger partial charge in [0.05, 0.1) is 4.92 Å². The number of benzene rings is 1. The van der Waals surface area contributed by atoms with Gasteiger partial charge in [-0.1, -0.05) is 6.07 Å². The van der Waals surface area contributed by atoms with Crippen molar-refractivity contribution in [1.82, 2.24) is 10.0 Å². The van der Waals surface area contributed by atoms with E-state index in [-0.39, 0.29) is 12.5 Å². The van der Waals surface area contributed by atoms with E-state index >= 15 is 0 Å². The molecule has 1 fully saturated rings. The molecule has 0 spiro atoms. The number of sulfonamides is 1. The molecule has 2 rings (SSSR count). The van der Waals surface area contributed by atoms with Crippen molar-refractivity contribution in [2.75, 3.05) is 19.6 Å². The Balaban J connectivity index is 2.21. The van der Waals surface area contributed by atoms with Gasteiger partial charge in [-0.25, -0.2) is 17.5 Å². The summed E-state index contributed by atoms with van der Waals surface area (Å²) in [6.07, 6.45) is 1.79. The van der Waals surface area contributed by atoms with Crippen LogP contribution in [0.1, 0.15) is 12.8 Å². The minimum absolute atomic E-state index is 0.0966. The first kappa shape index (κ1) is 15.8. The van der Waals surface area contributed by atoms with Gasteiger partial charge in [0.1, 0.15) is 5.82 Å². The molecule has 2 N–H and O–H groups in total. The van der Waals surface area contributed by atoms with Gasteiger partial charge in [0.2, 0.25) is 10.0 Å². The van der Waals surface area contributed by atoms with Crippen LogP contribution in [0.4, 0.5) is 10.1 Å². The molecule has 0 aliphatic carbocycles. The van der Waals surface area contributed by atoms with Crippen molar-refractivity contribution < 1.29 is 17.7 Å². The lowest BCUT2D eigenvalue weighted by molar-refractivity contribution is -0.388. The van der Waals surface area contributed by atoms with Gasteiger partial charge in [-0.2, -0.15) is 0 Å². The molecule has 1 aliphatic heterocycles. The van der Waals surface area contributed by atoms with Crippen LogP contribution in [0.5, 0.6) is 0 Å². The maximum Gasteiger partial charge on any atom is 0.292 e. The van der Waals surface area contributed by atoms with Gasteiger partial charge in [-0.15, -0.1) is 0 Å². The lowest BCUT2D eigenvalue weighted by atomic mass is 10.0. The zero-order valence-electron chi connectivity index (χ0n) is 11.2. The maximum absolute atomic E-state index is 13.7. The van der Waals surface area contributed by atoms with Gasteiger partial charge in [0.25, 0.3) is 5.69 Å². The summed E-state index contributed by atoms with van der Waals surface area (Å²) in [4.78, 5) is 9.06. The Hall–Kier alpha value is -1.58. The van der Waals surface area contributed by atoms with Crippen LogP contribution in [0, 0.1) is 21.8 Å². The van der Waals surface area contributed by atoms with Gasteiger partial charge < -0.3 is 5.32 Å². The Kier molecular flexibility index (Phi) is 4.86. The number of hydrogen-bond acceptors (Lipinski definition) is 5. The summed E-state index contributed by atoms with van der Waals surface area (Å²) in [5, 5.41) is 14.0. The molecule has 1 aromatic carbocycles. The first-order chi connectivity index (χ1) is 9.92. The van der Waals surface area contributed by atoms with E-state index in [9.17, 15) is 22.9 Å². The van der Waals surface area contributed by atoms with Crippen LogP contribution in [0.15, 0.2) is 23.1 Å². The quantitative estimate of drug-likeness (QED) is 0.623. The normalized spacial score (nSPS) is 19.4. The minimum atomic E-state index is -4.26. The topological polar surface area (TPSA) is 101 Å². The molecule has 0 amide bonds. The minimum Gasteiger partial charge on any atom is -0.316 e. The van der Waals surface area contributed by atoms with Crippen molar-refractivity contribution in [3.63, 3.8) is 0 Å². The average molecular weight is 317 g/mol. The summed E-state index contributed by atoms with van der Waals surface area (Å²) < 4.78 is 40.3. The fraction of sp³-hybridized carbons (Fsp3) is 0.500. The van der Waals surface area contributed by atoms with Gasteiger partial charge in [0.15, 0.2) is 4.90 Å². The number of rotatable bonds is 5. The Morgan fingerprint density at radius 3 is 2.86 bits per heavy atom. The van der Waals surface area contributed by atoms with Crippen molar-refractivity contribution in [3.8, 4) is 0 Å². The van der Waals surface area contributed by atoms with Crippen molar-refractivity contribution in [2.45, 2.75) is 17.7 Å². The van der Waals surface area contributed by atoms with Crippen LogP contribution in [0.3, 0.4) is 0 Å². The van der Waals surface area contributed by atoms with Crippen molar-refractivity contribution in [2.24, 2.45) is 5.92 Å². The highest BCUT2D eigenvalue weighted by Crippen LogP contribution is 2.26. The highest BCUT2D eigenvalue weighted by atomic mass is 32.2. The highest BCUT2D eigenvalue weighted by Gasteiger charge is 2.30. The Bertz CT molecular complexity index is 629. The Labute approximate surface area is 121 Å². The molecule has 1 aliphatic rings. The van der Waals surface area contributed by atoms with Gasteiger partial charge in [0, 0.05) is 12.6 Å². The summed E-state index contributed by atoms with van der Waals surface area (Å²) in [6, 6.07) is 2.97. The summed E-state index contributed by atoms with van der Waals surface area (Å²) >= 11 is 0. The van der Waals surface area contributed by atoms with Crippen LogP contribution in [0.25, 0.3) is 0 Å². The standard InChI is InChI=1S/C12H16FN3O4S/c13-10-4-1-5-11(16(17)18)12(10)21(19,20)15-8-9-3-2-6-14-7-9/h1,4-5,9,14-15H,2-3,6-8H2. The second-order valence-electron chi connectivity index (χ2n) is 4.91. The van der Waals surface area contributed by atoms with Crippen LogP contribution >= 0.6 is 0 Å². The Morgan fingerprint density at radius 1 is 1.48 bits per heavy atom. The summed E-state index contributed by atoms with van der Waals surface area (Å²) in [5.74, 6) is -1.03. The van der Waals surface area contributed by atoms with Crippen molar-refractivity contribution >= 4 is 15.7 Å². The molecule has 7 nitrogen and oxygen atoms in total. The van der Waals surface area contributed by atoms with E-state index in [4.69, 9.17) is 0 Å². The van der Waals surface area contributed by atoms with E-state index in [0.717, 1.165) is 37.6 Å². The number of nitro benzene ring substituents is 1. The van der Waals surface area contributed by atoms with E-state index in [0.29, 0.717) is 6.54 Å². The molecule has 0 saturated carbocycles. The molecule has 0 radical (unpaired) electrons. The molecule has 1 heterocycles. The maximum atomic E-state index is 13.7. The number of hydrogen-bond donors (Lipinski definition) is 2. The average Bonchev–Trinajstić information content (AvgIpc) is 2.46. The molecule has 21 heavy (non-hydrogen) atoms. The largest absolute Gasteiger partial charge is 0.316 e. The fourth-order valence-electron chi connectivity index (χ4n) is 2.31. The lowest BCUT2D eigenvalue weighted by Gasteiger charge is -2.22. The molecule has 9 heteroatoms. The molecule has 0 aromatic heterocycles. The monoisotopic (exact) mass is 317 g/mol. The number of halogens is 1. The molecule has 0 bridgehead atoms. The SMILES string of the molecule is O=[N+]([O-])c1cccc(F)c1S(=O)(=O)NCC1CCCNC1. The van der Waals surface area contributed by atoms with Crippen LogP contribution in [-0.4, -0.2) is 33.0 Å². The predicted octanol–water partition coefficient (Wildman–Crippen LogP) is 1.01. The first-order valence-corrected chi connectivity index (χ1v) is 8.03. The highest BCUT2D eigenvalue weighted by molar-refractivity contribution is 7.89. The molecule has 1 saturated heterocycles. The van der Waals surface area contributed by atoms with Crippen molar-refractivity contribution in [3.05, 3.63) is 34.1 Å². The third kappa shape index (κ3) is 3.74. The van der Waals surface area contributed by atoms with E-state index in [1.165, 1.54) is 0 Å². The second-order valence-corrected chi connectivity index (χ2v) is 6.61. The molecule has 1 atom stereocenters. The number of nitrogens with zero attached hydrogens (tertiary/aromatic N) is 1. The molecule has 116 valence electrons. The van der Waals surface area contributed by atoms with E-state index in [2.05, 4.69) is 10.0 Å². The number of nitro groups is 1. The van der Waals surface area contributed by atoms with Crippen molar-refractivity contribution in [1.29, 1.82) is 0 Å². The third-order valence-electron chi connectivity index (χ3n) is 3.37. The van der Waals surface area contributed by atoms with Crippen LogP contribution in [-0.2, 0) is 10.0 Å². The predicted molar refractivity (Wildman–Crippen MR) is 73.8 cm³/mol. The lowest BCUT2D eigenvalue weighted by Crippen LogP contribution is -2.38. The summed E-state index contributed by atoms with van der Waals surface area (Å²) in [7, 11) is -4.26. The van der Waals surface area contributed by atoms with Crippen LogP contribution < -0.4 is 10.0 Å².